The third kappa shape index (κ3) is 2.09. The van der Waals surface area contributed by atoms with Crippen molar-refractivity contribution in [2.75, 3.05) is 0 Å². The molecule has 84 valence electrons. The molecule has 2 amide bonds. The van der Waals surface area contributed by atoms with Gasteiger partial charge in [-0.1, -0.05) is 12.2 Å². The summed E-state index contributed by atoms with van der Waals surface area (Å²) >= 11 is 4.83. The van der Waals surface area contributed by atoms with E-state index in [1.54, 1.807) is 13.8 Å². The largest absolute Gasteiger partial charge is 0.392 e. The van der Waals surface area contributed by atoms with Crippen LogP contribution in [0.3, 0.4) is 0 Å². The number of nitrogens with one attached hydrogen (secondary N) is 1. The van der Waals surface area contributed by atoms with E-state index in [0.29, 0.717) is 12.8 Å². The Morgan fingerprint density at radius 2 is 1.80 bits per heavy atom. The molecule has 1 rings (SSSR count). The quantitative estimate of drug-likeness (QED) is 0.562. The third-order valence-electron chi connectivity index (χ3n) is 2.70. The normalized spacial score (nSPS) is 18.0. The van der Waals surface area contributed by atoms with Gasteiger partial charge in [-0.05, 0) is 26.7 Å². The Morgan fingerprint density at radius 3 is 2.07 bits per heavy atom. The van der Waals surface area contributed by atoms with E-state index >= 15 is 0 Å². The van der Waals surface area contributed by atoms with E-state index in [9.17, 15) is 9.59 Å². The number of carbonyl (C=O) groups is 2. The molecule has 0 unspecified atom stereocenters. The summed E-state index contributed by atoms with van der Waals surface area (Å²) in [6.45, 7) is 3.09. The van der Waals surface area contributed by atoms with Crippen LogP contribution in [-0.2, 0) is 9.59 Å². The van der Waals surface area contributed by atoms with Gasteiger partial charge in [0.25, 0.3) is 0 Å². The van der Waals surface area contributed by atoms with Crippen molar-refractivity contribution >= 4 is 29.0 Å². The van der Waals surface area contributed by atoms with Crippen molar-refractivity contribution in [3.8, 4) is 0 Å². The Kier molecular flexibility index (Phi) is 2.73. The molecule has 0 aliphatic heterocycles. The van der Waals surface area contributed by atoms with E-state index in [1.165, 1.54) is 0 Å². The lowest BCUT2D eigenvalue weighted by Gasteiger charge is -2.25. The first-order chi connectivity index (χ1) is 6.72. The van der Waals surface area contributed by atoms with Crippen LogP contribution in [0.15, 0.2) is 0 Å². The molecule has 1 aliphatic carbocycles. The van der Waals surface area contributed by atoms with Crippen LogP contribution in [0, 0.1) is 5.41 Å². The maximum Gasteiger partial charge on any atom is 0.242 e. The number of hydrogen-bond acceptors (Lipinski definition) is 3. The molecule has 0 aromatic carbocycles. The van der Waals surface area contributed by atoms with Gasteiger partial charge in [0.2, 0.25) is 11.8 Å². The van der Waals surface area contributed by atoms with E-state index in [1.807, 2.05) is 0 Å². The van der Waals surface area contributed by atoms with Gasteiger partial charge in [0.1, 0.15) is 5.54 Å². The summed E-state index contributed by atoms with van der Waals surface area (Å²) in [7, 11) is 0. The van der Waals surface area contributed by atoms with Gasteiger partial charge in [0.15, 0.2) is 0 Å². The minimum absolute atomic E-state index is 0.181. The Labute approximate surface area is 93.6 Å². The van der Waals surface area contributed by atoms with Crippen LogP contribution in [0.25, 0.3) is 0 Å². The van der Waals surface area contributed by atoms with Crippen LogP contribution in [0.2, 0.25) is 0 Å². The number of nitrogens with two attached hydrogens (primary N) is 2. The molecule has 0 aromatic heterocycles. The zero-order chi connectivity index (χ0) is 11.9. The molecule has 0 bridgehead atoms. The second-order valence-electron chi connectivity index (χ2n) is 4.39. The van der Waals surface area contributed by atoms with Crippen LogP contribution in [0.1, 0.15) is 26.7 Å². The zero-order valence-corrected chi connectivity index (χ0v) is 9.61. The highest BCUT2D eigenvalue weighted by Gasteiger charge is 2.54. The van der Waals surface area contributed by atoms with Crippen molar-refractivity contribution in [2.45, 2.75) is 32.2 Å². The molecular weight excluding hydrogens is 214 g/mol. The number of rotatable bonds is 4. The number of thiocarbonyl (C=S) groups is 1. The first-order valence-corrected chi connectivity index (χ1v) is 5.06. The highest BCUT2D eigenvalue weighted by Crippen LogP contribution is 2.46. The number of carbonyl (C=O) groups excluding carboxylic acids is 2. The molecular formula is C9H15N3O2S. The topological polar surface area (TPSA) is 98.2 Å². The summed E-state index contributed by atoms with van der Waals surface area (Å²) in [5, 5.41) is 2.56. The lowest BCUT2D eigenvalue weighted by atomic mass is 10.0. The summed E-state index contributed by atoms with van der Waals surface area (Å²) in [6, 6.07) is 0. The molecule has 1 saturated carbocycles. The molecule has 0 atom stereocenters. The van der Waals surface area contributed by atoms with E-state index < -0.39 is 16.9 Å². The van der Waals surface area contributed by atoms with Crippen molar-refractivity contribution in [3.05, 3.63) is 0 Å². The maximum absolute atomic E-state index is 11.8. The standard InChI is InChI=1S/C9H15N3O2S/c1-8(2,5(10)13)12-7(14)9(3-4-9)6(11)15/h3-4H2,1-2H3,(H2,10,13)(H2,11,15)(H,12,14). The van der Waals surface area contributed by atoms with Gasteiger partial charge in [0, 0.05) is 0 Å². The maximum atomic E-state index is 11.8. The molecule has 5 nitrogen and oxygen atoms in total. The van der Waals surface area contributed by atoms with Gasteiger partial charge >= 0.3 is 0 Å². The summed E-state index contributed by atoms with van der Waals surface area (Å²) in [5.41, 5.74) is 8.80. The molecule has 0 spiro atoms. The Morgan fingerprint density at radius 1 is 1.33 bits per heavy atom. The molecule has 15 heavy (non-hydrogen) atoms. The molecule has 0 radical (unpaired) electrons. The predicted molar refractivity (Wildman–Crippen MR) is 59.9 cm³/mol. The zero-order valence-electron chi connectivity index (χ0n) is 8.79. The van der Waals surface area contributed by atoms with Crippen molar-refractivity contribution in [2.24, 2.45) is 16.9 Å². The first kappa shape index (κ1) is 11.9. The van der Waals surface area contributed by atoms with Crippen molar-refractivity contribution in [1.29, 1.82) is 0 Å². The molecule has 1 aliphatic rings. The average Bonchev–Trinajstić information content (AvgIpc) is 2.81. The van der Waals surface area contributed by atoms with Crippen LogP contribution in [0.4, 0.5) is 0 Å². The highest BCUT2D eigenvalue weighted by molar-refractivity contribution is 7.80. The second-order valence-corrected chi connectivity index (χ2v) is 4.83. The van der Waals surface area contributed by atoms with Crippen LogP contribution >= 0.6 is 12.2 Å². The van der Waals surface area contributed by atoms with Gasteiger partial charge in [-0.25, -0.2) is 0 Å². The smallest absolute Gasteiger partial charge is 0.242 e. The summed E-state index contributed by atoms with van der Waals surface area (Å²) in [4.78, 5) is 23.0. The summed E-state index contributed by atoms with van der Waals surface area (Å²) in [5.74, 6) is -0.895. The van der Waals surface area contributed by atoms with E-state index in [4.69, 9.17) is 23.7 Å². The average molecular weight is 229 g/mol. The molecule has 5 N–H and O–H groups in total. The van der Waals surface area contributed by atoms with Crippen LogP contribution < -0.4 is 16.8 Å². The second kappa shape index (κ2) is 3.44. The Balaban J connectivity index is 2.73. The van der Waals surface area contributed by atoms with E-state index in [-0.39, 0.29) is 10.9 Å². The number of primary amides is 1. The van der Waals surface area contributed by atoms with Gasteiger partial charge in [-0.3, -0.25) is 9.59 Å². The third-order valence-corrected chi connectivity index (χ3v) is 3.09. The fourth-order valence-corrected chi connectivity index (χ4v) is 1.47. The van der Waals surface area contributed by atoms with Crippen LogP contribution in [-0.4, -0.2) is 22.3 Å². The lowest BCUT2D eigenvalue weighted by molar-refractivity contribution is -0.132. The Bertz CT molecular complexity index is 334. The highest BCUT2D eigenvalue weighted by atomic mass is 32.1. The fraction of sp³-hybridized carbons (Fsp3) is 0.667. The van der Waals surface area contributed by atoms with Crippen LogP contribution in [0.5, 0.6) is 0 Å². The molecule has 6 heteroatoms. The lowest BCUT2D eigenvalue weighted by Crippen LogP contribution is -2.56. The number of hydrogen-bond donors (Lipinski definition) is 3. The van der Waals surface area contributed by atoms with Crippen molar-refractivity contribution in [1.82, 2.24) is 5.32 Å². The minimum atomic E-state index is -1.07. The van der Waals surface area contributed by atoms with Gasteiger partial charge in [0.05, 0.1) is 10.4 Å². The van der Waals surface area contributed by atoms with Crippen molar-refractivity contribution in [3.63, 3.8) is 0 Å². The summed E-state index contributed by atoms with van der Waals surface area (Å²) < 4.78 is 0. The predicted octanol–water partition coefficient (Wildman–Crippen LogP) is -0.567. The molecule has 0 heterocycles. The first-order valence-electron chi connectivity index (χ1n) is 4.65. The monoisotopic (exact) mass is 229 g/mol. The Hall–Kier alpha value is -1.17. The van der Waals surface area contributed by atoms with Gasteiger partial charge in [-0.15, -0.1) is 0 Å². The minimum Gasteiger partial charge on any atom is -0.392 e. The van der Waals surface area contributed by atoms with Gasteiger partial charge < -0.3 is 16.8 Å². The molecule has 0 saturated heterocycles. The van der Waals surface area contributed by atoms with Crippen molar-refractivity contribution < 1.29 is 9.59 Å². The molecule has 0 aromatic rings. The molecule has 1 fully saturated rings. The fourth-order valence-electron chi connectivity index (χ4n) is 1.18. The summed E-state index contributed by atoms with van der Waals surface area (Å²) in [6.07, 6.45) is 1.28. The van der Waals surface area contributed by atoms with E-state index in [2.05, 4.69) is 5.32 Å². The SMILES string of the molecule is CC(C)(NC(=O)C1(C(N)=S)CC1)C(N)=O. The van der Waals surface area contributed by atoms with E-state index in [0.717, 1.165) is 0 Å². The van der Waals surface area contributed by atoms with Gasteiger partial charge in [-0.2, -0.15) is 0 Å². The number of amides is 2.